The second-order valence-corrected chi connectivity index (χ2v) is 7.38. The van der Waals surface area contributed by atoms with E-state index < -0.39 is 10.0 Å². The van der Waals surface area contributed by atoms with Crippen molar-refractivity contribution in [1.29, 1.82) is 0 Å². The van der Waals surface area contributed by atoms with E-state index in [9.17, 15) is 8.42 Å². The molecule has 24 heavy (non-hydrogen) atoms. The van der Waals surface area contributed by atoms with E-state index in [1.165, 1.54) is 12.1 Å². The third-order valence-corrected chi connectivity index (χ3v) is 4.71. The Balaban J connectivity index is 2.01. The van der Waals surface area contributed by atoms with E-state index in [2.05, 4.69) is 15.7 Å². The predicted octanol–water partition coefficient (Wildman–Crippen LogP) is 1.91. The van der Waals surface area contributed by atoms with Crippen LogP contribution in [0, 0.1) is 6.92 Å². The Labute approximate surface area is 147 Å². The average molecular weight is 368 g/mol. The second kappa shape index (κ2) is 7.29. The smallest absolute Gasteiger partial charge is 0.238 e. The molecule has 0 aliphatic rings. The molecule has 2 aromatic rings. The molecule has 7 nitrogen and oxygen atoms in total. The fourth-order valence-electron chi connectivity index (χ4n) is 2.29. The summed E-state index contributed by atoms with van der Waals surface area (Å²) in [7, 11) is -3.69. The Hall–Kier alpha value is -1.97. The zero-order valence-electron chi connectivity index (χ0n) is 13.8. The summed E-state index contributed by atoms with van der Waals surface area (Å²) in [6.45, 7) is 6.81. The van der Waals surface area contributed by atoms with Crippen molar-refractivity contribution in [2.24, 2.45) is 5.14 Å². The molecule has 1 heterocycles. The van der Waals surface area contributed by atoms with Gasteiger partial charge in [-0.15, -0.1) is 0 Å². The summed E-state index contributed by atoms with van der Waals surface area (Å²) >= 11 is 5.30. The van der Waals surface area contributed by atoms with Gasteiger partial charge in [-0.05, 0) is 57.3 Å². The highest BCUT2D eigenvalue weighted by Gasteiger charge is 2.13. The number of rotatable bonds is 5. The van der Waals surface area contributed by atoms with Crippen LogP contribution in [0.15, 0.2) is 35.4 Å². The first-order valence-electron chi connectivity index (χ1n) is 7.45. The monoisotopic (exact) mass is 367 g/mol. The van der Waals surface area contributed by atoms with E-state index in [1.54, 1.807) is 12.1 Å². The summed E-state index contributed by atoms with van der Waals surface area (Å²) in [5.41, 5.74) is 2.70. The van der Waals surface area contributed by atoms with Crippen molar-refractivity contribution in [1.82, 2.24) is 15.1 Å². The van der Waals surface area contributed by atoms with Crippen LogP contribution in [-0.4, -0.2) is 23.3 Å². The predicted molar refractivity (Wildman–Crippen MR) is 98.2 cm³/mol. The van der Waals surface area contributed by atoms with Gasteiger partial charge in [-0.25, -0.2) is 13.6 Å². The number of hydrogen-bond acceptors (Lipinski definition) is 4. The van der Waals surface area contributed by atoms with Crippen LogP contribution in [-0.2, 0) is 16.6 Å². The minimum absolute atomic E-state index is 0.00556. The molecule has 4 N–H and O–H groups in total. The minimum atomic E-state index is -3.69. The maximum absolute atomic E-state index is 11.2. The van der Waals surface area contributed by atoms with Gasteiger partial charge >= 0.3 is 0 Å². The van der Waals surface area contributed by atoms with Crippen LogP contribution in [0.4, 0.5) is 5.69 Å². The third kappa shape index (κ3) is 4.53. The van der Waals surface area contributed by atoms with Crippen molar-refractivity contribution >= 4 is 33.0 Å². The van der Waals surface area contributed by atoms with E-state index in [-0.39, 0.29) is 10.9 Å². The summed E-state index contributed by atoms with van der Waals surface area (Å²) < 4.78 is 24.4. The number of sulfonamides is 1. The van der Waals surface area contributed by atoms with Crippen molar-refractivity contribution in [2.75, 3.05) is 5.32 Å². The lowest BCUT2D eigenvalue weighted by Crippen LogP contribution is -2.31. The zero-order chi connectivity index (χ0) is 17.9. The van der Waals surface area contributed by atoms with Crippen LogP contribution in [0.2, 0.25) is 0 Å². The highest BCUT2D eigenvalue weighted by atomic mass is 32.2. The SMILES string of the molecule is CCn1cc(C(C)NC(=S)Nc2ccc(S(N)(=O)=O)cc2)c(C)n1. The molecule has 0 bridgehead atoms. The lowest BCUT2D eigenvalue weighted by molar-refractivity contribution is 0.598. The van der Waals surface area contributed by atoms with Gasteiger partial charge in [0.1, 0.15) is 0 Å². The van der Waals surface area contributed by atoms with Crippen LogP contribution < -0.4 is 15.8 Å². The van der Waals surface area contributed by atoms with Gasteiger partial charge in [-0.2, -0.15) is 5.10 Å². The van der Waals surface area contributed by atoms with Crippen molar-refractivity contribution in [3.63, 3.8) is 0 Å². The molecule has 1 atom stereocenters. The topological polar surface area (TPSA) is 102 Å². The average Bonchev–Trinajstić information content (AvgIpc) is 2.88. The summed E-state index contributed by atoms with van der Waals surface area (Å²) in [6.07, 6.45) is 2.00. The Morgan fingerprint density at radius 1 is 1.38 bits per heavy atom. The molecule has 130 valence electrons. The minimum Gasteiger partial charge on any atom is -0.356 e. The summed E-state index contributed by atoms with van der Waals surface area (Å²) in [5, 5.41) is 16.1. The highest BCUT2D eigenvalue weighted by Crippen LogP contribution is 2.17. The Bertz CT molecular complexity index is 828. The second-order valence-electron chi connectivity index (χ2n) is 5.42. The van der Waals surface area contributed by atoms with Gasteiger partial charge in [0, 0.05) is 24.0 Å². The van der Waals surface area contributed by atoms with E-state index in [0.717, 1.165) is 17.8 Å². The molecule has 0 saturated heterocycles. The summed E-state index contributed by atoms with van der Waals surface area (Å²) in [4.78, 5) is 0.0582. The van der Waals surface area contributed by atoms with Crippen LogP contribution in [0.3, 0.4) is 0 Å². The molecular weight excluding hydrogens is 346 g/mol. The van der Waals surface area contributed by atoms with Crippen LogP contribution in [0.1, 0.15) is 31.1 Å². The molecule has 2 rings (SSSR count). The number of thiocarbonyl (C=S) groups is 1. The van der Waals surface area contributed by atoms with Gasteiger partial charge in [-0.1, -0.05) is 0 Å². The molecule has 0 saturated carbocycles. The Morgan fingerprint density at radius 3 is 2.50 bits per heavy atom. The lowest BCUT2D eigenvalue weighted by Gasteiger charge is -2.16. The van der Waals surface area contributed by atoms with Gasteiger partial charge in [0.15, 0.2) is 5.11 Å². The van der Waals surface area contributed by atoms with E-state index in [4.69, 9.17) is 17.4 Å². The van der Waals surface area contributed by atoms with Crippen molar-refractivity contribution < 1.29 is 8.42 Å². The number of aryl methyl sites for hydroxylation is 2. The zero-order valence-corrected chi connectivity index (χ0v) is 15.4. The molecule has 0 radical (unpaired) electrons. The molecule has 0 spiro atoms. The van der Waals surface area contributed by atoms with Crippen LogP contribution in [0.25, 0.3) is 0 Å². The first-order chi connectivity index (χ1) is 11.2. The first kappa shape index (κ1) is 18.4. The van der Waals surface area contributed by atoms with Crippen LogP contribution in [0.5, 0.6) is 0 Å². The number of hydrogen-bond donors (Lipinski definition) is 3. The molecule has 1 aromatic heterocycles. The highest BCUT2D eigenvalue weighted by molar-refractivity contribution is 7.89. The molecule has 0 fully saturated rings. The van der Waals surface area contributed by atoms with Crippen molar-refractivity contribution in [2.45, 2.75) is 38.3 Å². The molecule has 1 unspecified atom stereocenters. The van der Waals surface area contributed by atoms with Gasteiger partial charge in [0.05, 0.1) is 16.6 Å². The van der Waals surface area contributed by atoms with E-state index >= 15 is 0 Å². The number of anilines is 1. The summed E-state index contributed by atoms with van der Waals surface area (Å²) in [6, 6.07) is 6.07. The van der Waals surface area contributed by atoms with Crippen molar-refractivity contribution in [3.05, 3.63) is 41.7 Å². The van der Waals surface area contributed by atoms with Crippen molar-refractivity contribution in [3.8, 4) is 0 Å². The normalized spacial score (nSPS) is 12.7. The molecule has 1 aromatic carbocycles. The number of nitrogens with one attached hydrogen (secondary N) is 2. The van der Waals surface area contributed by atoms with E-state index in [1.807, 2.05) is 31.6 Å². The molecular formula is C15H21N5O2S2. The third-order valence-electron chi connectivity index (χ3n) is 3.56. The maximum atomic E-state index is 11.2. The van der Waals surface area contributed by atoms with Crippen LogP contribution >= 0.6 is 12.2 Å². The number of nitrogens with two attached hydrogens (primary N) is 1. The Morgan fingerprint density at radius 2 is 2.00 bits per heavy atom. The standard InChI is InChI=1S/C15H21N5O2S2/c1-4-20-9-14(11(3)19-20)10(2)17-15(23)18-12-5-7-13(8-6-12)24(16,21)22/h5-10H,4H2,1-3H3,(H2,16,21,22)(H2,17,18,23). The summed E-state index contributed by atoms with van der Waals surface area (Å²) in [5.74, 6) is 0. The number of aromatic nitrogens is 2. The fraction of sp³-hybridized carbons (Fsp3) is 0.333. The van der Waals surface area contributed by atoms with E-state index in [0.29, 0.717) is 10.8 Å². The quantitative estimate of drug-likeness (QED) is 0.698. The number of nitrogens with zero attached hydrogens (tertiary/aromatic N) is 2. The number of primary sulfonamides is 1. The van der Waals surface area contributed by atoms with Gasteiger partial charge in [0.25, 0.3) is 0 Å². The maximum Gasteiger partial charge on any atom is 0.238 e. The lowest BCUT2D eigenvalue weighted by atomic mass is 10.1. The number of benzene rings is 1. The molecule has 0 aliphatic carbocycles. The fourth-order valence-corrected chi connectivity index (χ4v) is 3.10. The molecule has 0 aliphatic heterocycles. The Kier molecular flexibility index (Phi) is 5.58. The van der Waals surface area contributed by atoms with Gasteiger partial charge in [-0.3, -0.25) is 4.68 Å². The largest absolute Gasteiger partial charge is 0.356 e. The van der Waals surface area contributed by atoms with Gasteiger partial charge in [0.2, 0.25) is 10.0 Å². The first-order valence-corrected chi connectivity index (χ1v) is 9.40. The van der Waals surface area contributed by atoms with Gasteiger partial charge < -0.3 is 10.6 Å². The molecule has 0 amide bonds. The molecule has 9 heteroatoms.